The minimum Gasteiger partial charge on any atom is -0.389 e. The van der Waals surface area contributed by atoms with Crippen LogP contribution in [0.1, 0.15) is 33.6 Å². The molecule has 0 unspecified atom stereocenters. The van der Waals surface area contributed by atoms with Crippen molar-refractivity contribution in [2.24, 2.45) is 11.3 Å². The van der Waals surface area contributed by atoms with Crippen molar-refractivity contribution in [1.82, 2.24) is 0 Å². The Kier molecular flexibility index (Phi) is 3.50. The predicted octanol–water partition coefficient (Wildman–Crippen LogP) is 2.48. The van der Waals surface area contributed by atoms with Crippen molar-refractivity contribution in [2.75, 3.05) is 0 Å². The summed E-state index contributed by atoms with van der Waals surface area (Å²) in [7, 11) is 0. The van der Waals surface area contributed by atoms with E-state index < -0.39 is 6.10 Å². The molecular formula is C13H20O2. The van der Waals surface area contributed by atoms with E-state index >= 15 is 0 Å². The van der Waals surface area contributed by atoms with E-state index in [4.69, 9.17) is 0 Å². The number of hydrogen-bond donors (Lipinski definition) is 1. The van der Waals surface area contributed by atoms with Crippen molar-refractivity contribution in [3.63, 3.8) is 0 Å². The molecule has 2 nitrogen and oxygen atoms in total. The number of carbonyl (C=O) groups is 1. The molecule has 0 heterocycles. The number of aliphatic hydroxyl groups excluding tert-OH is 1. The minimum absolute atomic E-state index is 0.0404. The average molecular weight is 208 g/mol. The first-order chi connectivity index (χ1) is 6.84. The van der Waals surface area contributed by atoms with Crippen LogP contribution in [0.25, 0.3) is 0 Å². The summed E-state index contributed by atoms with van der Waals surface area (Å²) in [6.07, 6.45) is 4.78. The van der Waals surface area contributed by atoms with Crippen LogP contribution in [0.4, 0.5) is 0 Å². The van der Waals surface area contributed by atoms with Gasteiger partial charge in [0, 0.05) is 5.92 Å². The lowest BCUT2D eigenvalue weighted by Crippen LogP contribution is -2.35. The molecule has 0 bridgehead atoms. The molecule has 0 saturated heterocycles. The molecule has 0 aromatic carbocycles. The molecule has 0 aromatic heterocycles. The number of rotatable bonds is 2. The van der Waals surface area contributed by atoms with Crippen LogP contribution in [-0.2, 0) is 4.79 Å². The highest BCUT2D eigenvalue weighted by atomic mass is 16.3. The molecule has 1 saturated carbocycles. The average Bonchev–Trinajstić information content (AvgIpc) is 2.11. The molecule has 1 aliphatic rings. The molecular weight excluding hydrogens is 188 g/mol. The fourth-order valence-corrected chi connectivity index (χ4v) is 2.17. The zero-order chi connectivity index (χ0) is 11.6. The second-order valence-corrected chi connectivity index (χ2v) is 5.07. The Balaban J connectivity index is 2.88. The van der Waals surface area contributed by atoms with Crippen molar-refractivity contribution in [1.29, 1.82) is 0 Å². The molecule has 0 amide bonds. The molecule has 2 atom stereocenters. The highest BCUT2D eigenvalue weighted by Crippen LogP contribution is 2.43. The molecule has 2 heteroatoms. The zero-order valence-corrected chi connectivity index (χ0v) is 9.79. The fourth-order valence-electron chi connectivity index (χ4n) is 2.17. The topological polar surface area (TPSA) is 37.3 Å². The van der Waals surface area contributed by atoms with Crippen LogP contribution in [0.3, 0.4) is 0 Å². The molecule has 15 heavy (non-hydrogen) atoms. The summed E-state index contributed by atoms with van der Waals surface area (Å²) in [5.41, 5.74) is 0.922. The molecule has 1 aliphatic carbocycles. The molecule has 0 spiro atoms. The van der Waals surface area contributed by atoms with Gasteiger partial charge in [-0.25, -0.2) is 0 Å². The number of ketones is 1. The number of aliphatic hydroxyl groups is 1. The van der Waals surface area contributed by atoms with Gasteiger partial charge in [0.05, 0.1) is 6.10 Å². The third-order valence-corrected chi connectivity index (χ3v) is 3.25. The second kappa shape index (κ2) is 4.31. The maximum Gasteiger partial charge on any atom is 0.152 e. The predicted molar refractivity (Wildman–Crippen MR) is 61.5 cm³/mol. The smallest absolute Gasteiger partial charge is 0.152 e. The standard InChI is InChI=1S/C13H20O2/c1-9(14)5-6-11-10(2)12(15)7-8-13(11,3)4/h5-6,11-12,15H,2,7-8H2,1,3-4H3/b6-5+/t11-,12-/m1/s1. The van der Waals surface area contributed by atoms with Crippen LogP contribution in [0.5, 0.6) is 0 Å². The van der Waals surface area contributed by atoms with E-state index in [0.717, 1.165) is 18.4 Å². The van der Waals surface area contributed by atoms with Gasteiger partial charge in [-0.2, -0.15) is 0 Å². The summed E-state index contributed by atoms with van der Waals surface area (Å²) < 4.78 is 0. The summed E-state index contributed by atoms with van der Waals surface area (Å²) >= 11 is 0. The van der Waals surface area contributed by atoms with Gasteiger partial charge in [0.25, 0.3) is 0 Å². The van der Waals surface area contributed by atoms with Gasteiger partial charge in [-0.1, -0.05) is 26.5 Å². The van der Waals surface area contributed by atoms with E-state index in [1.165, 1.54) is 6.92 Å². The van der Waals surface area contributed by atoms with E-state index in [1.54, 1.807) is 6.08 Å². The van der Waals surface area contributed by atoms with Crippen molar-refractivity contribution < 1.29 is 9.90 Å². The third-order valence-electron chi connectivity index (χ3n) is 3.25. The summed E-state index contributed by atoms with van der Waals surface area (Å²) in [6, 6.07) is 0. The van der Waals surface area contributed by atoms with Gasteiger partial charge < -0.3 is 5.11 Å². The first-order valence-electron chi connectivity index (χ1n) is 5.40. The van der Waals surface area contributed by atoms with Gasteiger partial charge in [0.2, 0.25) is 0 Å². The molecule has 84 valence electrons. The van der Waals surface area contributed by atoms with Gasteiger partial charge in [0.1, 0.15) is 0 Å². The minimum atomic E-state index is -0.417. The molecule has 0 aliphatic heterocycles. The Bertz CT molecular complexity index is 300. The summed E-state index contributed by atoms with van der Waals surface area (Å²) in [5, 5.41) is 9.73. The van der Waals surface area contributed by atoms with Crippen LogP contribution in [0, 0.1) is 11.3 Å². The van der Waals surface area contributed by atoms with Crippen molar-refractivity contribution in [3.05, 3.63) is 24.3 Å². The van der Waals surface area contributed by atoms with E-state index in [1.807, 2.05) is 6.08 Å². The van der Waals surface area contributed by atoms with Crippen LogP contribution in [-0.4, -0.2) is 17.0 Å². The number of carbonyl (C=O) groups excluding carboxylic acids is 1. The Morgan fingerprint density at radius 1 is 1.60 bits per heavy atom. The molecule has 1 rings (SSSR count). The van der Waals surface area contributed by atoms with Crippen LogP contribution >= 0.6 is 0 Å². The maximum atomic E-state index is 10.9. The van der Waals surface area contributed by atoms with E-state index in [-0.39, 0.29) is 17.1 Å². The summed E-state index contributed by atoms with van der Waals surface area (Å²) in [4.78, 5) is 10.9. The van der Waals surface area contributed by atoms with Crippen molar-refractivity contribution in [2.45, 2.75) is 39.7 Å². The van der Waals surface area contributed by atoms with Crippen LogP contribution in [0.2, 0.25) is 0 Å². The Labute approximate surface area is 91.7 Å². The van der Waals surface area contributed by atoms with Crippen molar-refractivity contribution in [3.8, 4) is 0 Å². The molecule has 1 N–H and O–H groups in total. The second-order valence-electron chi connectivity index (χ2n) is 5.07. The lowest BCUT2D eigenvalue weighted by atomic mass is 9.65. The number of hydrogen-bond acceptors (Lipinski definition) is 2. The van der Waals surface area contributed by atoms with E-state index in [9.17, 15) is 9.90 Å². The van der Waals surface area contributed by atoms with Crippen molar-refractivity contribution >= 4 is 5.78 Å². The van der Waals surface area contributed by atoms with Crippen LogP contribution in [0.15, 0.2) is 24.3 Å². The van der Waals surface area contributed by atoms with E-state index in [0.29, 0.717) is 0 Å². The quantitative estimate of drug-likeness (QED) is 0.559. The van der Waals surface area contributed by atoms with Gasteiger partial charge in [-0.05, 0) is 36.8 Å². The number of allylic oxidation sites excluding steroid dienone is 2. The Morgan fingerprint density at radius 3 is 2.73 bits per heavy atom. The SMILES string of the molecule is C=C1[C@H](O)CCC(C)(C)[C@@H]1/C=C/C(C)=O. The van der Waals surface area contributed by atoms with Gasteiger partial charge in [-0.3, -0.25) is 4.79 Å². The molecule has 1 fully saturated rings. The normalized spacial score (nSPS) is 30.8. The highest BCUT2D eigenvalue weighted by molar-refractivity contribution is 5.87. The Hall–Kier alpha value is -0.890. The summed E-state index contributed by atoms with van der Waals surface area (Å²) in [6.45, 7) is 9.77. The van der Waals surface area contributed by atoms with E-state index in [2.05, 4.69) is 20.4 Å². The third kappa shape index (κ3) is 2.78. The first-order valence-corrected chi connectivity index (χ1v) is 5.40. The maximum absolute atomic E-state index is 10.9. The summed E-state index contributed by atoms with van der Waals surface area (Å²) in [5.74, 6) is 0.142. The van der Waals surface area contributed by atoms with Gasteiger partial charge in [0.15, 0.2) is 5.78 Å². The van der Waals surface area contributed by atoms with Gasteiger partial charge >= 0.3 is 0 Å². The lowest BCUT2D eigenvalue weighted by molar-refractivity contribution is -0.112. The lowest BCUT2D eigenvalue weighted by Gasteiger charge is -2.41. The largest absolute Gasteiger partial charge is 0.389 e. The molecule has 0 aromatic rings. The fraction of sp³-hybridized carbons (Fsp3) is 0.615. The monoisotopic (exact) mass is 208 g/mol. The zero-order valence-electron chi connectivity index (χ0n) is 9.79. The van der Waals surface area contributed by atoms with Crippen LogP contribution < -0.4 is 0 Å². The van der Waals surface area contributed by atoms with Gasteiger partial charge in [-0.15, -0.1) is 0 Å². The molecule has 0 radical (unpaired) electrons. The highest BCUT2D eigenvalue weighted by Gasteiger charge is 2.36. The first kappa shape index (κ1) is 12.2. The Morgan fingerprint density at radius 2 is 2.20 bits per heavy atom.